The van der Waals surface area contributed by atoms with Crippen LogP contribution in [-0.4, -0.2) is 43.2 Å². The summed E-state index contributed by atoms with van der Waals surface area (Å²) in [7, 11) is 1.59. The average Bonchev–Trinajstić information content (AvgIpc) is 2.94. The van der Waals surface area contributed by atoms with Gasteiger partial charge >= 0.3 is 0 Å². The number of aliphatic hydroxyl groups is 1. The minimum atomic E-state index is -0.391. The third kappa shape index (κ3) is 4.01. The van der Waals surface area contributed by atoms with Crippen LogP contribution in [0.15, 0.2) is 24.3 Å². The summed E-state index contributed by atoms with van der Waals surface area (Å²) in [5.41, 5.74) is 0.758. The summed E-state index contributed by atoms with van der Waals surface area (Å²) in [6.07, 6.45) is 0.189. The van der Waals surface area contributed by atoms with Crippen LogP contribution in [0.25, 0.3) is 0 Å². The van der Waals surface area contributed by atoms with Gasteiger partial charge in [-0.3, -0.25) is 9.59 Å². The molecule has 126 valence electrons. The molecule has 1 aliphatic heterocycles. The number of nitrogens with zero attached hydrogens (tertiary/aromatic N) is 1. The molecule has 2 amide bonds. The minimum Gasteiger partial charge on any atom is -0.497 e. The molecule has 6 heteroatoms. The van der Waals surface area contributed by atoms with E-state index in [9.17, 15) is 14.7 Å². The molecule has 0 bridgehead atoms. The van der Waals surface area contributed by atoms with Crippen LogP contribution in [0, 0.1) is 11.8 Å². The number of rotatable bonds is 6. The average molecular weight is 320 g/mol. The Morgan fingerprint density at radius 1 is 1.39 bits per heavy atom. The lowest BCUT2D eigenvalue weighted by atomic mass is 10.0. The molecule has 1 aromatic carbocycles. The molecule has 0 aromatic heterocycles. The third-order valence-electron chi connectivity index (χ3n) is 4.21. The Bertz CT molecular complexity index is 556. The summed E-state index contributed by atoms with van der Waals surface area (Å²) in [5, 5.41) is 12.1. The number of anilines is 1. The highest BCUT2D eigenvalue weighted by molar-refractivity contribution is 6.00. The number of carbonyl (C=O) groups excluding carboxylic acids is 2. The highest BCUT2D eigenvalue weighted by Crippen LogP contribution is 2.27. The lowest BCUT2D eigenvalue weighted by Gasteiger charge is -2.22. The summed E-state index contributed by atoms with van der Waals surface area (Å²) >= 11 is 0. The Hall–Kier alpha value is -2.08. The molecule has 0 unspecified atom stereocenters. The number of benzene rings is 1. The molecule has 1 aliphatic rings. The van der Waals surface area contributed by atoms with Crippen LogP contribution < -0.4 is 15.0 Å². The second-order valence-electron chi connectivity index (χ2n) is 6.15. The maximum absolute atomic E-state index is 12.3. The van der Waals surface area contributed by atoms with Crippen LogP contribution in [0.1, 0.15) is 20.3 Å². The van der Waals surface area contributed by atoms with Crippen molar-refractivity contribution in [3.8, 4) is 5.75 Å². The minimum absolute atomic E-state index is 0.0691. The van der Waals surface area contributed by atoms with Gasteiger partial charge in [-0.05, 0) is 30.2 Å². The molecule has 2 atom stereocenters. The highest BCUT2D eigenvalue weighted by Gasteiger charge is 2.36. The topological polar surface area (TPSA) is 78.9 Å². The predicted molar refractivity (Wildman–Crippen MR) is 87.3 cm³/mol. The van der Waals surface area contributed by atoms with Crippen LogP contribution in [-0.2, 0) is 9.59 Å². The van der Waals surface area contributed by atoms with Crippen LogP contribution in [0.4, 0.5) is 5.69 Å². The smallest absolute Gasteiger partial charge is 0.227 e. The van der Waals surface area contributed by atoms with E-state index in [2.05, 4.69) is 5.32 Å². The third-order valence-corrected chi connectivity index (χ3v) is 4.21. The van der Waals surface area contributed by atoms with Crippen molar-refractivity contribution in [1.29, 1.82) is 0 Å². The molecule has 1 saturated heterocycles. The summed E-state index contributed by atoms with van der Waals surface area (Å²) in [4.78, 5) is 26.1. The number of carbonyl (C=O) groups is 2. The van der Waals surface area contributed by atoms with E-state index in [1.54, 1.807) is 24.1 Å². The zero-order valence-electron chi connectivity index (χ0n) is 13.8. The number of hydrogen-bond acceptors (Lipinski definition) is 4. The van der Waals surface area contributed by atoms with Gasteiger partial charge in [-0.1, -0.05) is 13.8 Å². The normalized spacial score (nSPS) is 19.1. The number of aliphatic hydroxyl groups excluding tert-OH is 1. The summed E-state index contributed by atoms with van der Waals surface area (Å²) in [6.45, 7) is 4.12. The Kier molecular flexibility index (Phi) is 5.60. The first kappa shape index (κ1) is 17.3. The molecule has 2 N–H and O–H groups in total. The van der Waals surface area contributed by atoms with E-state index in [4.69, 9.17) is 4.74 Å². The van der Waals surface area contributed by atoms with Crippen molar-refractivity contribution in [2.75, 3.05) is 25.2 Å². The molecule has 1 fully saturated rings. The van der Waals surface area contributed by atoms with E-state index in [0.717, 1.165) is 11.4 Å². The first-order chi connectivity index (χ1) is 11.0. The Labute approximate surface area is 136 Å². The van der Waals surface area contributed by atoms with Gasteiger partial charge in [-0.2, -0.15) is 0 Å². The van der Waals surface area contributed by atoms with E-state index < -0.39 is 5.92 Å². The van der Waals surface area contributed by atoms with Crippen LogP contribution in [0.2, 0.25) is 0 Å². The van der Waals surface area contributed by atoms with Crippen molar-refractivity contribution in [3.05, 3.63) is 24.3 Å². The van der Waals surface area contributed by atoms with Crippen molar-refractivity contribution in [1.82, 2.24) is 5.32 Å². The predicted octanol–water partition coefficient (Wildman–Crippen LogP) is 1.18. The fourth-order valence-electron chi connectivity index (χ4n) is 2.62. The van der Waals surface area contributed by atoms with E-state index in [1.165, 1.54) is 0 Å². The quantitative estimate of drug-likeness (QED) is 0.825. The SMILES string of the molecule is COc1ccc(N2C[C@@H](C(=O)N[C@H](CO)C(C)C)CC2=O)cc1. The van der Waals surface area contributed by atoms with E-state index in [1.807, 2.05) is 26.0 Å². The standard InChI is InChI=1S/C17H24N2O4/c1-11(2)15(10-20)18-17(22)12-8-16(21)19(9-12)13-4-6-14(23-3)7-5-13/h4-7,11-12,15,20H,8-10H2,1-3H3,(H,18,22)/t12-,15+/m0/s1. The summed E-state index contributed by atoms with van der Waals surface area (Å²) in [5.74, 6) is 0.219. The van der Waals surface area contributed by atoms with Gasteiger partial charge < -0.3 is 20.1 Å². The lowest BCUT2D eigenvalue weighted by molar-refractivity contribution is -0.127. The molecule has 0 radical (unpaired) electrons. The molecule has 2 rings (SSSR count). The van der Waals surface area contributed by atoms with Crippen LogP contribution >= 0.6 is 0 Å². The number of nitrogens with one attached hydrogen (secondary N) is 1. The van der Waals surface area contributed by atoms with E-state index in [-0.39, 0.29) is 36.8 Å². The number of methoxy groups -OCH3 is 1. The molecule has 0 spiro atoms. The van der Waals surface area contributed by atoms with Gasteiger partial charge in [0.25, 0.3) is 0 Å². The summed E-state index contributed by atoms with van der Waals surface area (Å²) < 4.78 is 5.11. The lowest BCUT2D eigenvalue weighted by Crippen LogP contribution is -2.44. The molecule has 1 heterocycles. The number of hydrogen-bond donors (Lipinski definition) is 2. The zero-order chi connectivity index (χ0) is 17.0. The first-order valence-corrected chi connectivity index (χ1v) is 7.82. The van der Waals surface area contributed by atoms with Crippen molar-refractivity contribution >= 4 is 17.5 Å². The van der Waals surface area contributed by atoms with E-state index >= 15 is 0 Å². The van der Waals surface area contributed by atoms with Crippen molar-refractivity contribution in [2.24, 2.45) is 11.8 Å². The second kappa shape index (κ2) is 7.46. The molecular formula is C17H24N2O4. The maximum Gasteiger partial charge on any atom is 0.227 e. The monoisotopic (exact) mass is 320 g/mol. The van der Waals surface area contributed by atoms with Gasteiger partial charge in [0.15, 0.2) is 0 Å². The molecule has 6 nitrogen and oxygen atoms in total. The van der Waals surface area contributed by atoms with Gasteiger partial charge in [0.05, 0.1) is 25.7 Å². The Morgan fingerprint density at radius 3 is 2.57 bits per heavy atom. The van der Waals surface area contributed by atoms with Gasteiger partial charge in [0.2, 0.25) is 11.8 Å². The van der Waals surface area contributed by atoms with Crippen molar-refractivity contribution in [3.63, 3.8) is 0 Å². The molecule has 1 aromatic rings. The second-order valence-corrected chi connectivity index (χ2v) is 6.15. The highest BCUT2D eigenvalue weighted by atomic mass is 16.5. The van der Waals surface area contributed by atoms with Crippen LogP contribution in [0.5, 0.6) is 5.75 Å². The molecular weight excluding hydrogens is 296 g/mol. The van der Waals surface area contributed by atoms with E-state index in [0.29, 0.717) is 6.54 Å². The zero-order valence-corrected chi connectivity index (χ0v) is 13.8. The molecule has 0 saturated carbocycles. The van der Waals surface area contributed by atoms with Gasteiger partial charge in [-0.25, -0.2) is 0 Å². The van der Waals surface area contributed by atoms with Crippen molar-refractivity contribution in [2.45, 2.75) is 26.3 Å². The van der Waals surface area contributed by atoms with Gasteiger partial charge in [0.1, 0.15) is 5.75 Å². The maximum atomic E-state index is 12.3. The van der Waals surface area contributed by atoms with Crippen molar-refractivity contribution < 1.29 is 19.4 Å². The number of ether oxygens (including phenoxy) is 1. The molecule has 23 heavy (non-hydrogen) atoms. The Balaban J connectivity index is 2.02. The van der Waals surface area contributed by atoms with Gasteiger partial charge in [-0.15, -0.1) is 0 Å². The Morgan fingerprint density at radius 2 is 2.04 bits per heavy atom. The first-order valence-electron chi connectivity index (χ1n) is 7.82. The largest absolute Gasteiger partial charge is 0.497 e. The fourth-order valence-corrected chi connectivity index (χ4v) is 2.62. The number of amides is 2. The van der Waals surface area contributed by atoms with Crippen LogP contribution in [0.3, 0.4) is 0 Å². The fraction of sp³-hybridized carbons (Fsp3) is 0.529. The van der Waals surface area contributed by atoms with Gasteiger partial charge in [0, 0.05) is 18.7 Å². The molecule has 0 aliphatic carbocycles. The summed E-state index contributed by atoms with van der Waals surface area (Å²) in [6, 6.07) is 6.91.